The SMILES string of the molecule is COC[C@@H](C)Nc1ncnc2c1c(-c1ccccc1)cn2-c1ccc(Cl)cc1. The third kappa shape index (κ3) is 3.59. The van der Waals surface area contributed by atoms with E-state index in [4.69, 9.17) is 16.3 Å². The predicted molar refractivity (Wildman–Crippen MR) is 114 cm³/mol. The van der Waals surface area contributed by atoms with Gasteiger partial charge in [0.15, 0.2) is 5.65 Å². The second kappa shape index (κ2) is 8.00. The number of nitrogens with one attached hydrogen (secondary N) is 1. The smallest absolute Gasteiger partial charge is 0.150 e. The van der Waals surface area contributed by atoms with Gasteiger partial charge in [-0.25, -0.2) is 9.97 Å². The van der Waals surface area contributed by atoms with Gasteiger partial charge in [-0.2, -0.15) is 0 Å². The van der Waals surface area contributed by atoms with E-state index in [1.807, 2.05) is 42.5 Å². The number of benzene rings is 2. The largest absolute Gasteiger partial charge is 0.383 e. The minimum absolute atomic E-state index is 0.116. The molecule has 142 valence electrons. The van der Waals surface area contributed by atoms with Crippen LogP contribution in [-0.4, -0.2) is 34.3 Å². The number of aromatic nitrogens is 3. The lowest BCUT2D eigenvalue weighted by Crippen LogP contribution is -2.21. The molecule has 0 aliphatic rings. The van der Waals surface area contributed by atoms with Crippen molar-refractivity contribution in [1.29, 1.82) is 0 Å². The van der Waals surface area contributed by atoms with E-state index in [9.17, 15) is 0 Å². The van der Waals surface area contributed by atoms with Crippen LogP contribution in [0.1, 0.15) is 6.92 Å². The van der Waals surface area contributed by atoms with Crippen LogP contribution in [-0.2, 0) is 4.74 Å². The zero-order valence-electron chi connectivity index (χ0n) is 15.8. The van der Waals surface area contributed by atoms with Crippen LogP contribution in [0.15, 0.2) is 67.1 Å². The average Bonchev–Trinajstić information content (AvgIpc) is 3.10. The van der Waals surface area contributed by atoms with E-state index in [0.29, 0.717) is 11.6 Å². The van der Waals surface area contributed by atoms with Gasteiger partial charge in [0.25, 0.3) is 0 Å². The Morgan fingerprint density at radius 2 is 1.82 bits per heavy atom. The minimum atomic E-state index is 0.116. The van der Waals surface area contributed by atoms with Gasteiger partial charge in [0.1, 0.15) is 12.1 Å². The van der Waals surface area contributed by atoms with Crippen molar-refractivity contribution in [3.8, 4) is 16.8 Å². The maximum absolute atomic E-state index is 6.07. The van der Waals surface area contributed by atoms with E-state index < -0.39 is 0 Å². The van der Waals surface area contributed by atoms with Crippen molar-refractivity contribution in [2.75, 3.05) is 19.0 Å². The molecule has 2 aromatic carbocycles. The number of anilines is 1. The van der Waals surface area contributed by atoms with Crippen LogP contribution < -0.4 is 5.32 Å². The Morgan fingerprint density at radius 3 is 2.54 bits per heavy atom. The number of ether oxygens (including phenoxy) is 1. The zero-order valence-corrected chi connectivity index (χ0v) is 16.5. The number of halogens is 1. The fraction of sp³-hybridized carbons (Fsp3) is 0.182. The van der Waals surface area contributed by atoms with E-state index in [0.717, 1.165) is 33.7 Å². The van der Waals surface area contributed by atoms with Crippen LogP contribution in [0.5, 0.6) is 0 Å². The van der Waals surface area contributed by atoms with Gasteiger partial charge in [0.2, 0.25) is 0 Å². The molecule has 4 rings (SSSR count). The molecule has 0 saturated carbocycles. The third-order valence-corrected chi connectivity index (χ3v) is 4.82. The molecular weight excluding hydrogens is 372 g/mol. The molecule has 1 N–H and O–H groups in total. The summed E-state index contributed by atoms with van der Waals surface area (Å²) < 4.78 is 7.34. The van der Waals surface area contributed by atoms with Gasteiger partial charge in [-0.15, -0.1) is 0 Å². The lowest BCUT2D eigenvalue weighted by atomic mass is 10.1. The summed E-state index contributed by atoms with van der Waals surface area (Å²) in [6, 6.07) is 18.1. The summed E-state index contributed by atoms with van der Waals surface area (Å²) in [5.41, 5.74) is 4.00. The molecule has 2 heterocycles. The van der Waals surface area contributed by atoms with Crippen molar-refractivity contribution in [3.63, 3.8) is 0 Å². The lowest BCUT2D eigenvalue weighted by Gasteiger charge is -2.14. The molecule has 28 heavy (non-hydrogen) atoms. The van der Waals surface area contributed by atoms with Crippen molar-refractivity contribution in [3.05, 3.63) is 72.1 Å². The highest BCUT2D eigenvalue weighted by Gasteiger charge is 2.18. The van der Waals surface area contributed by atoms with Crippen LogP contribution in [0.4, 0.5) is 5.82 Å². The summed E-state index contributed by atoms with van der Waals surface area (Å²) in [4.78, 5) is 9.11. The molecule has 0 radical (unpaired) electrons. The molecule has 0 bridgehead atoms. The number of nitrogens with zero attached hydrogens (tertiary/aromatic N) is 3. The molecule has 0 aliphatic heterocycles. The summed E-state index contributed by atoms with van der Waals surface area (Å²) in [5.74, 6) is 0.793. The standard InChI is InChI=1S/C22H21ClN4O/c1-15(13-28-2)26-21-20-19(16-6-4-3-5-7-16)12-27(22(20)25-14-24-21)18-10-8-17(23)9-11-18/h3-12,14-15H,13H2,1-2H3,(H,24,25,26)/t15-/m1/s1. The van der Waals surface area contributed by atoms with Crippen LogP contribution in [0, 0.1) is 0 Å². The Hall–Kier alpha value is -2.89. The Bertz CT molecular complexity index is 1080. The van der Waals surface area contributed by atoms with Gasteiger partial charge < -0.3 is 14.6 Å². The fourth-order valence-corrected chi connectivity index (χ4v) is 3.46. The van der Waals surface area contributed by atoms with E-state index in [1.165, 1.54) is 0 Å². The number of fused-ring (bicyclic) bond motifs is 1. The molecule has 1 atom stereocenters. The molecule has 5 nitrogen and oxygen atoms in total. The quantitative estimate of drug-likeness (QED) is 0.490. The van der Waals surface area contributed by atoms with Gasteiger partial charge in [0.05, 0.1) is 12.0 Å². The molecule has 0 aliphatic carbocycles. The summed E-state index contributed by atoms with van der Waals surface area (Å²) in [5, 5.41) is 5.14. The Kier molecular flexibility index (Phi) is 5.28. The summed E-state index contributed by atoms with van der Waals surface area (Å²) >= 11 is 6.07. The van der Waals surface area contributed by atoms with Crippen molar-refractivity contribution in [2.45, 2.75) is 13.0 Å². The highest BCUT2D eigenvalue weighted by atomic mass is 35.5. The summed E-state index contributed by atoms with van der Waals surface area (Å²) in [6.07, 6.45) is 3.69. The van der Waals surface area contributed by atoms with Crippen molar-refractivity contribution in [2.24, 2.45) is 0 Å². The highest BCUT2D eigenvalue weighted by Crippen LogP contribution is 2.35. The fourth-order valence-electron chi connectivity index (χ4n) is 3.33. The van der Waals surface area contributed by atoms with Crippen molar-refractivity contribution < 1.29 is 4.74 Å². The van der Waals surface area contributed by atoms with Gasteiger partial charge in [-0.3, -0.25) is 0 Å². The summed E-state index contributed by atoms with van der Waals surface area (Å²) in [6.45, 7) is 2.65. The second-order valence-corrected chi connectivity index (χ2v) is 7.11. The topological polar surface area (TPSA) is 52.0 Å². The third-order valence-electron chi connectivity index (χ3n) is 4.57. The lowest BCUT2D eigenvalue weighted by molar-refractivity contribution is 0.190. The highest BCUT2D eigenvalue weighted by molar-refractivity contribution is 6.30. The molecule has 0 spiro atoms. The number of methoxy groups -OCH3 is 1. The maximum atomic E-state index is 6.07. The maximum Gasteiger partial charge on any atom is 0.150 e. The van der Waals surface area contributed by atoms with Crippen LogP contribution in [0.2, 0.25) is 5.02 Å². The monoisotopic (exact) mass is 392 g/mol. The average molecular weight is 393 g/mol. The molecule has 4 aromatic rings. The van der Waals surface area contributed by atoms with E-state index in [1.54, 1.807) is 13.4 Å². The number of rotatable bonds is 6. The Balaban J connectivity index is 1.93. The van der Waals surface area contributed by atoms with Crippen molar-refractivity contribution in [1.82, 2.24) is 14.5 Å². The van der Waals surface area contributed by atoms with Gasteiger partial charge in [-0.05, 0) is 36.8 Å². The first kappa shape index (κ1) is 18.5. The Morgan fingerprint density at radius 1 is 1.07 bits per heavy atom. The second-order valence-electron chi connectivity index (χ2n) is 6.68. The number of hydrogen-bond donors (Lipinski definition) is 1. The van der Waals surface area contributed by atoms with E-state index in [-0.39, 0.29) is 6.04 Å². The van der Waals surface area contributed by atoms with Gasteiger partial charge in [-0.1, -0.05) is 41.9 Å². The first-order valence-corrected chi connectivity index (χ1v) is 9.48. The minimum Gasteiger partial charge on any atom is -0.383 e. The van der Waals surface area contributed by atoms with Crippen LogP contribution in [0.3, 0.4) is 0 Å². The van der Waals surface area contributed by atoms with E-state index >= 15 is 0 Å². The predicted octanol–water partition coefficient (Wildman–Crippen LogP) is 5.19. The molecule has 6 heteroatoms. The molecule has 0 unspecified atom stereocenters. The molecular formula is C22H21ClN4O. The first-order valence-electron chi connectivity index (χ1n) is 9.10. The molecule has 0 saturated heterocycles. The van der Waals surface area contributed by atoms with E-state index in [2.05, 4.69) is 45.1 Å². The normalized spacial score (nSPS) is 12.2. The number of hydrogen-bond acceptors (Lipinski definition) is 4. The van der Waals surface area contributed by atoms with Crippen LogP contribution in [0.25, 0.3) is 27.8 Å². The Labute approximate surface area is 169 Å². The first-order chi connectivity index (χ1) is 13.7. The molecule has 0 fully saturated rings. The van der Waals surface area contributed by atoms with Crippen molar-refractivity contribution >= 4 is 28.5 Å². The summed E-state index contributed by atoms with van der Waals surface area (Å²) in [7, 11) is 1.69. The van der Waals surface area contributed by atoms with Gasteiger partial charge in [0, 0.05) is 35.6 Å². The van der Waals surface area contributed by atoms with Crippen LogP contribution >= 0.6 is 11.6 Å². The van der Waals surface area contributed by atoms with Gasteiger partial charge >= 0.3 is 0 Å². The zero-order chi connectivity index (χ0) is 19.5. The molecule has 0 amide bonds. The molecule has 2 aromatic heterocycles.